The fourth-order valence-corrected chi connectivity index (χ4v) is 3.20. The standard InChI is InChI=1S/C15H31I/c1-3-4-5-6-7-8-9-10-11-12-15(2)13-14-16/h15H,3-14H2,1-2H3. The molecule has 0 aromatic heterocycles. The van der Waals surface area contributed by atoms with Gasteiger partial charge in [-0.25, -0.2) is 0 Å². The molecule has 0 fully saturated rings. The van der Waals surface area contributed by atoms with E-state index in [0.717, 1.165) is 5.92 Å². The molecule has 1 heteroatoms. The second kappa shape index (κ2) is 13.8. The van der Waals surface area contributed by atoms with E-state index in [2.05, 4.69) is 36.4 Å². The van der Waals surface area contributed by atoms with E-state index < -0.39 is 0 Å². The Labute approximate surface area is 117 Å². The zero-order chi connectivity index (χ0) is 12.1. The molecule has 0 aliphatic carbocycles. The van der Waals surface area contributed by atoms with Crippen molar-refractivity contribution < 1.29 is 0 Å². The molecule has 0 radical (unpaired) electrons. The minimum atomic E-state index is 0.960. The molecule has 0 aliphatic heterocycles. The summed E-state index contributed by atoms with van der Waals surface area (Å²) < 4.78 is 1.33. The van der Waals surface area contributed by atoms with Crippen LogP contribution in [-0.2, 0) is 0 Å². The molecule has 0 saturated carbocycles. The zero-order valence-corrected chi connectivity index (χ0v) is 13.6. The van der Waals surface area contributed by atoms with Gasteiger partial charge in [-0.05, 0) is 16.8 Å². The second-order valence-electron chi connectivity index (χ2n) is 5.20. The van der Waals surface area contributed by atoms with E-state index in [1.54, 1.807) is 0 Å². The van der Waals surface area contributed by atoms with Crippen molar-refractivity contribution in [2.75, 3.05) is 4.43 Å². The fourth-order valence-electron chi connectivity index (χ4n) is 2.13. The van der Waals surface area contributed by atoms with Gasteiger partial charge >= 0.3 is 0 Å². The van der Waals surface area contributed by atoms with Crippen LogP contribution < -0.4 is 0 Å². The molecule has 0 bridgehead atoms. The zero-order valence-electron chi connectivity index (χ0n) is 11.4. The molecule has 0 aliphatic rings. The molecule has 0 N–H and O–H groups in total. The highest BCUT2D eigenvalue weighted by molar-refractivity contribution is 14.1. The van der Waals surface area contributed by atoms with Crippen molar-refractivity contribution >= 4 is 22.6 Å². The maximum absolute atomic E-state index is 2.49. The molecular weight excluding hydrogens is 307 g/mol. The Kier molecular flexibility index (Phi) is 14.4. The van der Waals surface area contributed by atoms with Crippen LogP contribution in [0.25, 0.3) is 0 Å². The number of unbranched alkanes of at least 4 members (excludes halogenated alkanes) is 8. The SMILES string of the molecule is CCCCCCCCCCCC(C)CCI. The Hall–Kier alpha value is 0.730. The molecule has 1 unspecified atom stereocenters. The van der Waals surface area contributed by atoms with Crippen molar-refractivity contribution in [2.45, 2.75) is 84.5 Å². The van der Waals surface area contributed by atoms with Crippen LogP contribution in [-0.4, -0.2) is 4.43 Å². The molecule has 0 heterocycles. The highest BCUT2D eigenvalue weighted by Crippen LogP contribution is 2.16. The highest BCUT2D eigenvalue weighted by atomic mass is 127. The average Bonchev–Trinajstić information content (AvgIpc) is 2.27. The minimum absolute atomic E-state index is 0.960. The molecule has 98 valence electrons. The van der Waals surface area contributed by atoms with Crippen LogP contribution in [0.4, 0.5) is 0 Å². The van der Waals surface area contributed by atoms with Crippen LogP contribution in [0.5, 0.6) is 0 Å². The van der Waals surface area contributed by atoms with Gasteiger partial charge < -0.3 is 0 Å². The predicted octanol–water partition coefficient (Wildman–Crippen LogP) is 6.37. The molecular formula is C15H31I. The van der Waals surface area contributed by atoms with E-state index in [1.165, 1.54) is 75.1 Å². The summed E-state index contributed by atoms with van der Waals surface area (Å²) in [5.74, 6) is 0.960. The first-order valence-electron chi connectivity index (χ1n) is 7.37. The van der Waals surface area contributed by atoms with Crippen molar-refractivity contribution in [2.24, 2.45) is 5.92 Å². The summed E-state index contributed by atoms with van der Waals surface area (Å²) in [6, 6.07) is 0. The van der Waals surface area contributed by atoms with Crippen LogP contribution in [0.15, 0.2) is 0 Å². The van der Waals surface area contributed by atoms with Gasteiger partial charge in [0.2, 0.25) is 0 Å². The smallest absolute Gasteiger partial charge is 0.000219 e. The number of alkyl halides is 1. The number of halogens is 1. The maximum Gasteiger partial charge on any atom is -0.000219 e. The van der Waals surface area contributed by atoms with E-state index in [1.807, 2.05) is 0 Å². The molecule has 1 atom stereocenters. The third-order valence-electron chi connectivity index (χ3n) is 3.40. The van der Waals surface area contributed by atoms with E-state index in [9.17, 15) is 0 Å². The molecule has 0 saturated heterocycles. The summed E-state index contributed by atoms with van der Waals surface area (Å²) in [4.78, 5) is 0. The second-order valence-corrected chi connectivity index (χ2v) is 6.28. The minimum Gasteiger partial charge on any atom is -0.0864 e. The molecule has 0 spiro atoms. The molecule has 0 nitrogen and oxygen atoms in total. The average molecular weight is 338 g/mol. The van der Waals surface area contributed by atoms with E-state index in [0.29, 0.717) is 0 Å². The molecule has 0 amide bonds. The molecule has 16 heavy (non-hydrogen) atoms. The lowest BCUT2D eigenvalue weighted by atomic mass is 9.99. The van der Waals surface area contributed by atoms with Crippen molar-refractivity contribution in [3.63, 3.8) is 0 Å². The normalized spacial score (nSPS) is 12.9. The number of hydrogen-bond acceptors (Lipinski definition) is 0. The van der Waals surface area contributed by atoms with Crippen molar-refractivity contribution in [1.82, 2.24) is 0 Å². The Bertz CT molecular complexity index is 123. The quantitative estimate of drug-likeness (QED) is 0.220. The monoisotopic (exact) mass is 338 g/mol. The first-order chi connectivity index (χ1) is 7.81. The van der Waals surface area contributed by atoms with Gasteiger partial charge in [0.25, 0.3) is 0 Å². The van der Waals surface area contributed by atoms with Gasteiger partial charge in [0.15, 0.2) is 0 Å². The summed E-state index contributed by atoms with van der Waals surface area (Å²) in [6.45, 7) is 4.69. The topological polar surface area (TPSA) is 0 Å². The van der Waals surface area contributed by atoms with Crippen LogP contribution in [0.1, 0.15) is 84.5 Å². The predicted molar refractivity (Wildman–Crippen MR) is 84.5 cm³/mol. The summed E-state index contributed by atoms with van der Waals surface area (Å²) in [5, 5.41) is 0. The Balaban J connectivity index is 2.98. The highest BCUT2D eigenvalue weighted by Gasteiger charge is 2.00. The number of rotatable bonds is 12. The lowest BCUT2D eigenvalue weighted by Crippen LogP contribution is -1.95. The summed E-state index contributed by atoms with van der Waals surface area (Å²) in [6.07, 6.45) is 16.0. The first-order valence-corrected chi connectivity index (χ1v) is 8.89. The lowest BCUT2D eigenvalue weighted by molar-refractivity contribution is 0.473. The van der Waals surface area contributed by atoms with Crippen LogP contribution >= 0.6 is 22.6 Å². The fraction of sp³-hybridized carbons (Fsp3) is 1.00. The third-order valence-corrected chi connectivity index (χ3v) is 4.03. The summed E-state index contributed by atoms with van der Waals surface area (Å²) in [5.41, 5.74) is 0. The van der Waals surface area contributed by atoms with Gasteiger partial charge in [-0.3, -0.25) is 0 Å². The Morgan fingerprint density at radius 1 is 0.750 bits per heavy atom. The largest absolute Gasteiger partial charge is 0.0864 e. The van der Waals surface area contributed by atoms with Crippen molar-refractivity contribution in [3.8, 4) is 0 Å². The Morgan fingerprint density at radius 3 is 1.75 bits per heavy atom. The van der Waals surface area contributed by atoms with E-state index in [-0.39, 0.29) is 0 Å². The molecule has 0 aromatic rings. The summed E-state index contributed by atoms with van der Waals surface area (Å²) in [7, 11) is 0. The van der Waals surface area contributed by atoms with Gasteiger partial charge in [-0.15, -0.1) is 0 Å². The lowest BCUT2D eigenvalue weighted by Gasteiger charge is -2.08. The van der Waals surface area contributed by atoms with Gasteiger partial charge in [-0.1, -0.05) is 101 Å². The van der Waals surface area contributed by atoms with Crippen LogP contribution in [0.3, 0.4) is 0 Å². The first kappa shape index (κ1) is 16.7. The third kappa shape index (κ3) is 12.8. The Morgan fingerprint density at radius 2 is 1.25 bits per heavy atom. The van der Waals surface area contributed by atoms with Gasteiger partial charge in [0.05, 0.1) is 0 Å². The molecule has 0 aromatic carbocycles. The molecule has 0 rings (SSSR count). The summed E-state index contributed by atoms with van der Waals surface area (Å²) >= 11 is 2.49. The maximum atomic E-state index is 2.49. The van der Waals surface area contributed by atoms with Gasteiger partial charge in [0, 0.05) is 0 Å². The van der Waals surface area contributed by atoms with E-state index >= 15 is 0 Å². The van der Waals surface area contributed by atoms with Crippen molar-refractivity contribution in [3.05, 3.63) is 0 Å². The van der Waals surface area contributed by atoms with Crippen LogP contribution in [0, 0.1) is 5.92 Å². The van der Waals surface area contributed by atoms with E-state index in [4.69, 9.17) is 0 Å². The van der Waals surface area contributed by atoms with Crippen LogP contribution in [0.2, 0.25) is 0 Å². The van der Waals surface area contributed by atoms with Gasteiger partial charge in [-0.2, -0.15) is 0 Å². The number of hydrogen-bond donors (Lipinski definition) is 0. The van der Waals surface area contributed by atoms with Crippen molar-refractivity contribution in [1.29, 1.82) is 0 Å². The van der Waals surface area contributed by atoms with Gasteiger partial charge in [0.1, 0.15) is 0 Å².